The first-order valence-corrected chi connectivity index (χ1v) is 5.17. The van der Waals surface area contributed by atoms with E-state index in [-0.39, 0.29) is 0 Å². The SMILES string of the molecule is CC1CCc2cc(Cl)c(Cl)cc2N1. The fraction of sp³-hybridized carbons (Fsp3) is 0.400. The molecule has 0 saturated carbocycles. The molecule has 1 N–H and O–H groups in total. The van der Waals surface area contributed by atoms with Gasteiger partial charge in [-0.25, -0.2) is 0 Å². The van der Waals surface area contributed by atoms with Crippen LogP contribution < -0.4 is 5.32 Å². The van der Waals surface area contributed by atoms with Crippen LogP contribution in [0.25, 0.3) is 0 Å². The predicted molar refractivity (Wildman–Crippen MR) is 57.9 cm³/mol. The topological polar surface area (TPSA) is 12.0 Å². The largest absolute Gasteiger partial charge is 0.382 e. The van der Waals surface area contributed by atoms with Crippen LogP contribution in [0.4, 0.5) is 5.69 Å². The molecule has 1 heterocycles. The Morgan fingerprint density at radius 2 is 2.00 bits per heavy atom. The second kappa shape index (κ2) is 3.39. The summed E-state index contributed by atoms with van der Waals surface area (Å²) in [6.45, 7) is 2.17. The van der Waals surface area contributed by atoms with Gasteiger partial charge in [-0.15, -0.1) is 0 Å². The summed E-state index contributed by atoms with van der Waals surface area (Å²) in [5.41, 5.74) is 2.40. The second-order valence-corrected chi connectivity index (χ2v) is 4.32. The Morgan fingerprint density at radius 1 is 1.31 bits per heavy atom. The molecule has 0 bridgehead atoms. The first kappa shape index (κ1) is 9.17. The van der Waals surface area contributed by atoms with Gasteiger partial charge in [-0.05, 0) is 37.5 Å². The molecule has 2 rings (SSSR count). The third kappa shape index (κ3) is 1.77. The van der Waals surface area contributed by atoms with Crippen LogP contribution in [0.1, 0.15) is 18.9 Å². The maximum atomic E-state index is 5.92. The number of hydrogen-bond donors (Lipinski definition) is 1. The Morgan fingerprint density at radius 3 is 2.77 bits per heavy atom. The van der Waals surface area contributed by atoms with E-state index in [0.29, 0.717) is 16.1 Å². The van der Waals surface area contributed by atoms with Gasteiger partial charge < -0.3 is 5.32 Å². The number of aryl methyl sites for hydroxylation is 1. The van der Waals surface area contributed by atoms with Crippen molar-refractivity contribution >= 4 is 28.9 Å². The fourth-order valence-corrected chi connectivity index (χ4v) is 1.99. The van der Waals surface area contributed by atoms with Gasteiger partial charge in [-0.1, -0.05) is 23.2 Å². The van der Waals surface area contributed by atoms with Crippen LogP contribution in [0.2, 0.25) is 10.0 Å². The molecule has 1 nitrogen and oxygen atoms in total. The van der Waals surface area contributed by atoms with E-state index in [0.717, 1.165) is 18.5 Å². The summed E-state index contributed by atoms with van der Waals surface area (Å²) in [7, 11) is 0. The highest BCUT2D eigenvalue weighted by molar-refractivity contribution is 6.42. The Kier molecular flexibility index (Phi) is 2.39. The highest BCUT2D eigenvalue weighted by Crippen LogP contribution is 2.32. The van der Waals surface area contributed by atoms with Crippen molar-refractivity contribution < 1.29 is 0 Å². The molecule has 1 aromatic rings. The lowest BCUT2D eigenvalue weighted by Gasteiger charge is -2.24. The summed E-state index contributed by atoms with van der Waals surface area (Å²) >= 11 is 11.8. The lowest BCUT2D eigenvalue weighted by Crippen LogP contribution is -2.21. The molecule has 0 radical (unpaired) electrons. The van der Waals surface area contributed by atoms with Crippen LogP contribution in [-0.4, -0.2) is 6.04 Å². The molecule has 0 fully saturated rings. The Hall–Kier alpha value is -0.400. The zero-order valence-corrected chi connectivity index (χ0v) is 8.91. The Labute approximate surface area is 88.0 Å². The van der Waals surface area contributed by atoms with Gasteiger partial charge in [0.25, 0.3) is 0 Å². The van der Waals surface area contributed by atoms with Gasteiger partial charge in [0.15, 0.2) is 0 Å². The smallest absolute Gasteiger partial charge is 0.0613 e. The van der Waals surface area contributed by atoms with Crippen LogP contribution in [0.3, 0.4) is 0 Å². The monoisotopic (exact) mass is 215 g/mol. The van der Waals surface area contributed by atoms with Gasteiger partial charge in [0.2, 0.25) is 0 Å². The van der Waals surface area contributed by atoms with Crippen LogP contribution in [0.5, 0.6) is 0 Å². The van der Waals surface area contributed by atoms with E-state index < -0.39 is 0 Å². The van der Waals surface area contributed by atoms with E-state index in [9.17, 15) is 0 Å². The van der Waals surface area contributed by atoms with E-state index in [1.807, 2.05) is 12.1 Å². The van der Waals surface area contributed by atoms with Crippen molar-refractivity contribution in [3.63, 3.8) is 0 Å². The maximum Gasteiger partial charge on any atom is 0.0613 e. The number of fused-ring (bicyclic) bond motifs is 1. The summed E-state index contributed by atoms with van der Waals surface area (Å²) < 4.78 is 0. The van der Waals surface area contributed by atoms with Gasteiger partial charge >= 0.3 is 0 Å². The zero-order chi connectivity index (χ0) is 9.42. The predicted octanol–water partition coefficient (Wildman–Crippen LogP) is 3.74. The minimum atomic E-state index is 0.532. The molecule has 1 aliphatic heterocycles. The molecule has 13 heavy (non-hydrogen) atoms. The highest BCUT2D eigenvalue weighted by Gasteiger charge is 2.15. The van der Waals surface area contributed by atoms with E-state index >= 15 is 0 Å². The minimum absolute atomic E-state index is 0.532. The van der Waals surface area contributed by atoms with Crippen LogP contribution >= 0.6 is 23.2 Å². The van der Waals surface area contributed by atoms with Crippen molar-refractivity contribution in [2.24, 2.45) is 0 Å². The normalized spacial score (nSPS) is 20.7. The van der Waals surface area contributed by atoms with Crippen molar-refractivity contribution in [3.05, 3.63) is 27.7 Å². The van der Waals surface area contributed by atoms with Gasteiger partial charge in [0.1, 0.15) is 0 Å². The molecule has 1 aromatic carbocycles. The third-order valence-electron chi connectivity index (χ3n) is 2.39. The molecule has 0 aromatic heterocycles. The van der Waals surface area contributed by atoms with Crippen molar-refractivity contribution in [1.82, 2.24) is 0 Å². The van der Waals surface area contributed by atoms with Gasteiger partial charge in [-0.2, -0.15) is 0 Å². The fourth-order valence-electron chi connectivity index (χ4n) is 1.64. The summed E-state index contributed by atoms with van der Waals surface area (Å²) in [5, 5.41) is 4.66. The molecule has 1 unspecified atom stereocenters. The number of halogens is 2. The summed E-state index contributed by atoms with van der Waals surface area (Å²) in [4.78, 5) is 0. The number of nitrogens with one attached hydrogen (secondary N) is 1. The molecule has 3 heteroatoms. The lowest BCUT2D eigenvalue weighted by atomic mass is 9.99. The second-order valence-electron chi connectivity index (χ2n) is 3.51. The van der Waals surface area contributed by atoms with Crippen LogP contribution in [0.15, 0.2) is 12.1 Å². The average Bonchev–Trinajstić information content (AvgIpc) is 2.08. The first-order valence-electron chi connectivity index (χ1n) is 4.41. The summed E-state index contributed by atoms with van der Waals surface area (Å²) in [5.74, 6) is 0. The van der Waals surface area contributed by atoms with Gasteiger partial charge in [-0.3, -0.25) is 0 Å². The maximum absolute atomic E-state index is 5.92. The first-order chi connectivity index (χ1) is 6.16. The zero-order valence-electron chi connectivity index (χ0n) is 7.40. The van der Waals surface area contributed by atoms with E-state index in [2.05, 4.69) is 12.2 Å². The van der Waals surface area contributed by atoms with E-state index in [1.165, 1.54) is 5.56 Å². The minimum Gasteiger partial charge on any atom is -0.382 e. The molecule has 70 valence electrons. The van der Waals surface area contributed by atoms with E-state index in [4.69, 9.17) is 23.2 Å². The number of hydrogen-bond acceptors (Lipinski definition) is 1. The van der Waals surface area contributed by atoms with Gasteiger partial charge in [0.05, 0.1) is 10.0 Å². The molecule has 0 aliphatic carbocycles. The molecule has 0 amide bonds. The Bertz CT molecular complexity index is 336. The highest BCUT2D eigenvalue weighted by atomic mass is 35.5. The molecular formula is C10H11Cl2N. The Balaban J connectivity index is 2.43. The molecule has 1 aliphatic rings. The van der Waals surface area contributed by atoms with Gasteiger partial charge in [0, 0.05) is 11.7 Å². The van der Waals surface area contributed by atoms with Crippen molar-refractivity contribution in [3.8, 4) is 0 Å². The lowest BCUT2D eigenvalue weighted by molar-refractivity contribution is 0.681. The quantitative estimate of drug-likeness (QED) is 0.696. The van der Waals surface area contributed by atoms with E-state index in [1.54, 1.807) is 0 Å². The standard InChI is InChI=1S/C10H11Cl2N/c1-6-2-3-7-4-8(11)9(12)5-10(7)13-6/h4-6,13H,2-3H2,1H3. The molecule has 0 saturated heterocycles. The molecule has 1 atom stereocenters. The third-order valence-corrected chi connectivity index (χ3v) is 3.12. The van der Waals surface area contributed by atoms with Crippen LogP contribution in [0, 0.1) is 0 Å². The van der Waals surface area contributed by atoms with Crippen molar-refractivity contribution in [1.29, 1.82) is 0 Å². The number of rotatable bonds is 0. The van der Waals surface area contributed by atoms with Crippen LogP contribution in [-0.2, 0) is 6.42 Å². The van der Waals surface area contributed by atoms with Crippen molar-refractivity contribution in [2.45, 2.75) is 25.8 Å². The molecule has 0 spiro atoms. The summed E-state index contributed by atoms with van der Waals surface area (Å²) in [6, 6.07) is 4.40. The van der Waals surface area contributed by atoms with Crippen molar-refractivity contribution in [2.75, 3.05) is 5.32 Å². The summed E-state index contributed by atoms with van der Waals surface area (Å²) in [6.07, 6.45) is 2.24. The number of anilines is 1. The molecular weight excluding hydrogens is 205 g/mol. The average molecular weight is 216 g/mol. The number of benzene rings is 1.